The zero-order chi connectivity index (χ0) is 50.0. The van der Waals surface area contributed by atoms with E-state index >= 15 is 0 Å². The van der Waals surface area contributed by atoms with Crippen molar-refractivity contribution in [2.24, 2.45) is 0 Å². The molecule has 0 rings (SSSR count). The molecule has 0 saturated carbocycles. The fraction of sp³-hybridized carbons (Fsp3) is 0.540. The maximum atomic E-state index is 12.8. The van der Waals surface area contributed by atoms with Crippen molar-refractivity contribution in [3.8, 4) is 0 Å². The zero-order valence-corrected chi connectivity index (χ0v) is 43.8. The summed E-state index contributed by atoms with van der Waals surface area (Å²) < 4.78 is 16.7. The highest BCUT2D eigenvalue weighted by atomic mass is 16.6. The molecule has 0 aliphatic heterocycles. The lowest BCUT2D eigenvalue weighted by Crippen LogP contribution is -2.30. The van der Waals surface area contributed by atoms with Crippen LogP contribution in [0.25, 0.3) is 0 Å². The van der Waals surface area contributed by atoms with Crippen LogP contribution in [0, 0.1) is 0 Å². The highest BCUT2D eigenvalue weighted by Crippen LogP contribution is 2.10. The third-order valence-electron chi connectivity index (χ3n) is 10.5. The second-order valence-corrected chi connectivity index (χ2v) is 17.0. The summed E-state index contributed by atoms with van der Waals surface area (Å²) in [4.78, 5) is 38.0. The van der Waals surface area contributed by atoms with E-state index in [1.54, 1.807) is 0 Å². The molecule has 6 heteroatoms. The highest BCUT2D eigenvalue weighted by molar-refractivity contribution is 5.71. The third-order valence-corrected chi connectivity index (χ3v) is 10.5. The number of carbonyl (C=O) groups excluding carboxylic acids is 3. The molecule has 0 aliphatic rings. The molecule has 0 radical (unpaired) electrons. The van der Waals surface area contributed by atoms with Gasteiger partial charge in [0.05, 0.1) is 0 Å². The summed E-state index contributed by atoms with van der Waals surface area (Å²) in [6.45, 7) is 6.24. The number of hydrogen-bond acceptors (Lipinski definition) is 6. The van der Waals surface area contributed by atoms with Gasteiger partial charge < -0.3 is 14.2 Å². The minimum atomic E-state index is -0.853. The summed E-state index contributed by atoms with van der Waals surface area (Å²) >= 11 is 0. The lowest BCUT2D eigenvalue weighted by molar-refractivity contribution is -0.166. The van der Waals surface area contributed by atoms with Crippen molar-refractivity contribution in [1.82, 2.24) is 0 Å². The normalized spacial score (nSPS) is 13.4. The van der Waals surface area contributed by atoms with Gasteiger partial charge in [-0.05, 0) is 135 Å². The first-order valence-corrected chi connectivity index (χ1v) is 27.0. The summed E-state index contributed by atoms with van der Waals surface area (Å²) in [5.74, 6) is -1.10. The molecule has 0 aliphatic carbocycles. The zero-order valence-electron chi connectivity index (χ0n) is 43.8. The summed E-state index contributed by atoms with van der Waals surface area (Å²) in [5.41, 5.74) is 0. The van der Waals surface area contributed by atoms with Gasteiger partial charge in [-0.1, -0.05) is 204 Å². The molecular weight excluding hydrogens is 853 g/mol. The van der Waals surface area contributed by atoms with Gasteiger partial charge in [0, 0.05) is 19.3 Å². The van der Waals surface area contributed by atoms with Gasteiger partial charge in [-0.3, -0.25) is 14.4 Å². The standard InChI is InChI=1S/C63H96O6/c1-4-7-10-13-16-19-22-25-28-30-31-33-36-39-42-45-48-51-54-57-63(66)69-60(58-67-61(64)55-52-49-46-43-40-37-34-27-24-21-18-15-12-9-6-3)59-68-62(65)56-53-50-47-44-41-38-35-32-29-26-23-20-17-14-11-8-5-2/h8-9,11-12,16-21,25-29,31,33-35,38-40,42-43,48,51,60H,4-7,10,13-15,22-24,30,32,36-37,41,44-47,49-50,52-59H2,1-3H3/b11-8-,12-9-,19-16-,20-17-,21-18-,28-25-,29-26-,33-31-,34-27-,38-35-,42-39-,43-40-,51-48-/t60-/m0/s1. The summed E-state index contributed by atoms with van der Waals surface area (Å²) in [6, 6.07) is 0. The maximum absolute atomic E-state index is 12.8. The van der Waals surface area contributed by atoms with E-state index in [0.29, 0.717) is 19.3 Å². The van der Waals surface area contributed by atoms with Gasteiger partial charge in [-0.15, -0.1) is 0 Å². The van der Waals surface area contributed by atoms with Crippen molar-refractivity contribution in [3.05, 3.63) is 158 Å². The molecular formula is C63H96O6. The quantitative estimate of drug-likeness (QED) is 0.0262. The summed E-state index contributed by atoms with van der Waals surface area (Å²) in [6.07, 6.45) is 81.0. The predicted molar refractivity (Wildman–Crippen MR) is 297 cm³/mol. The molecule has 0 heterocycles. The first kappa shape index (κ1) is 64.0. The average molecular weight is 949 g/mol. The van der Waals surface area contributed by atoms with E-state index in [1.165, 1.54) is 25.7 Å². The smallest absolute Gasteiger partial charge is 0.306 e. The number of esters is 3. The van der Waals surface area contributed by atoms with Crippen molar-refractivity contribution in [3.63, 3.8) is 0 Å². The summed E-state index contributed by atoms with van der Waals surface area (Å²) in [5, 5.41) is 0. The van der Waals surface area contributed by atoms with E-state index in [4.69, 9.17) is 14.2 Å². The van der Waals surface area contributed by atoms with E-state index < -0.39 is 12.1 Å². The monoisotopic (exact) mass is 949 g/mol. The van der Waals surface area contributed by atoms with E-state index in [1.807, 2.05) is 12.2 Å². The second kappa shape index (κ2) is 55.6. The molecule has 1 atom stereocenters. The van der Waals surface area contributed by atoms with Gasteiger partial charge >= 0.3 is 17.9 Å². The van der Waals surface area contributed by atoms with Gasteiger partial charge in [-0.25, -0.2) is 0 Å². The van der Waals surface area contributed by atoms with E-state index in [9.17, 15) is 14.4 Å². The fourth-order valence-electron chi connectivity index (χ4n) is 6.52. The van der Waals surface area contributed by atoms with Crippen LogP contribution >= 0.6 is 0 Å². The predicted octanol–water partition coefficient (Wildman–Crippen LogP) is 18.2. The Morgan fingerprint density at radius 3 is 0.957 bits per heavy atom. The Morgan fingerprint density at radius 1 is 0.304 bits per heavy atom. The molecule has 384 valence electrons. The van der Waals surface area contributed by atoms with Crippen LogP contribution in [-0.4, -0.2) is 37.2 Å². The lowest BCUT2D eigenvalue weighted by atomic mass is 10.1. The molecule has 0 unspecified atom stereocenters. The van der Waals surface area contributed by atoms with Crippen LogP contribution in [0.1, 0.15) is 201 Å². The number of allylic oxidation sites excluding steroid dienone is 26. The fourth-order valence-corrected chi connectivity index (χ4v) is 6.52. The minimum absolute atomic E-state index is 0.141. The van der Waals surface area contributed by atoms with Gasteiger partial charge in [-0.2, -0.15) is 0 Å². The Balaban J connectivity index is 4.65. The molecule has 6 nitrogen and oxygen atoms in total. The van der Waals surface area contributed by atoms with Crippen LogP contribution in [-0.2, 0) is 28.6 Å². The average Bonchev–Trinajstić information content (AvgIpc) is 3.35. The molecule has 0 aromatic heterocycles. The van der Waals surface area contributed by atoms with Crippen LogP contribution in [0.3, 0.4) is 0 Å². The number of carbonyl (C=O) groups is 3. The Labute approximate surface area is 422 Å². The van der Waals surface area contributed by atoms with Crippen molar-refractivity contribution < 1.29 is 28.6 Å². The Morgan fingerprint density at radius 2 is 0.594 bits per heavy atom. The van der Waals surface area contributed by atoms with Crippen molar-refractivity contribution in [2.45, 2.75) is 207 Å². The van der Waals surface area contributed by atoms with Crippen LogP contribution < -0.4 is 0 Å². The number of hydrogen-bond donors (Lipinski definition) is 0. The Hall–Kier alpha value is -4.97. The van der Waals surface area contributed by atoms with Crippen molar-refractivity contribution in [2.75, 3.05) is 13.2 Å². The third kappa shape index (κ3) is 53.8. The van der Waals surface area contributed by atoms with Crippen molar-refractivity contribution >= 4 is 17.9 Å². The van der Waals surface area contributed by atoms with Gasteiger partial charge in [0.2, 0.25) is 0 Å². The lowest BCUT2D eigenvalue weighted by Gasteiger charge is -2.18. The molecule has 0 saturated heterocycles. The molecule has 0 N–H and O–H groups in total. The van der Waals surface area contributed by atoms with Crippen molar-refractivity contribution in [1.29, 1.82) is 0 Å². The molecule has 0 amide bonds. The number of ether oxygens (including phenoxy) is 3. The molecule has 0 aromatic carbocycles. The Kier molecular flexibility index (Phi) is 51.6. The van der Waals surface area contributed by atoms with Crippen LogP contribution in [0.5, 0.6) is 0 Å². The van der Waals surface area contributed by atoms with Gasteiger partial charge in [0.1, 0.15) is 13.2 Å². The molecule has 0 spiro atoms. The summed E-state index contributed by atoms with van der Waals surface area (Å²) in [7, 11) is 0. The van der Waals surface area contributed by atoms with Gasteiger partial charge in [0.25, 0.3) is 0 Å². The van der Waals surface area contributed by atoms with Crippen LogP contribution in [0.4, 0.5) is 0 Å². The molecule has 69 heavy (non-hydrogen) atoms. The SMILES string of the molecule is CC/C=C\C/C=C\C/C=C\C/C=C\CCCCCCC(=O)OC[C@H](COC(=O)CCCC/C=C\C/C=C\C/C=C\C/C=C\CC)OC(=O)CC/C=C\C/C=C\C/C=C\C/C=C\C/C=C\CCCCC. The second-order valence-electron chi connectivity index (χ2n) is 17.0. The minimum Gasteiger partial charge on any atom is -0.462 e. The van der Waals surface area contributed by atoms with E-state index in [-0.39, 0.29) is 38.0 Å². The van der Waals surface area contributed by atoms with E-state index in [0.717, 1.165) is 122 Å². The Bertz CT molecular complexity index is 1610. The van der Waals surface area contributed by atoms with E-state index in [2.05, 4.69) is 167 Å². The number of rotatable bonds is 46. The maximum Gasteiger partial charge on any atom is 0.306 e. The van der Waals surface area contributed by atoms with Gasteiger partial charge in [0.15, 0.2) is 6.10 Å². The topological polar surface area (TPSA) is 78.9 Å². The molecule has 0 aromatic rings. The largest absolute Gasteiger partial charge is 0.462 e. The first-order chi connectivity index (χ1) is 34.0. The molecule has 0 bridgehead atoms. The number of unbranched alkanes of at least 4 members (excludes halogenated alkanes) is 9. The molecule has 0 fully saturated rings. The van der Waals surface area contributed by atoms with Crippen LogP contribution in [0.2, 0.25) is 0 Å². The highest BCUT2D eigenvalue weighted by Gasteiger charge is 2.19. The first-order valence-electron chi connectivity index (χ1n) is 27.0. The van der Waals surface area contributed by atoms with Crippen LogP contribution in [0.15, 0.2) is 158 Å².